The summed E-state index contributed by atoms with van der Waals surface area (Å²) in [6.07, 6.45) is 0.999. The maximum atomic E-state index is 11.6. The van der Waals surface area contributed by atoms with Gasteiger partial charge in [0.15, 0.2) is 0 Å². The Labute approximate surface area is 130 Å². The summed E-state index contributed by atoms with van der Waals surface area (Å²) in [6, 6.07) is 11.9. The van der Waals surface area contributed by atoms with Crippen molar-refractivity contribution in [2.75, 3.05) is 6.61 Å². The zero-order chi connectivity index (χ0) is 16.1. The molecule has 0 saturated carbocycles. The predicted octanol–water partition coefficient (Wildman–Crippen LogP) is 3.46. The molecular weight excluding hydrogens is 276 g/mol. The highest BCUT2D eigenvalue weighted by Crippen LogP contribution is 2.22. The highest BCUT2D eigenvalue weighted by Gasteiger charge is 2.12. The number of aromatic nitrogens is 1. The molecule has 0 aliphatic carbocycles. The molecule has 0 unspecified atom stereocenters. The van der Waals surface area contributed by atoms with Gasteiger partial charge in [0.2, 0.25) is 0 Å². The average molecular weight is 296 g/mol. The lowest BCUT2D eigenvalue weighted by Gasteiger charge is -2.14. The Bertz CT molecular complexity index is 723. The van der Waals surface area contributed by atoms with Gasteiger partial charge in [0.05, 0.1) is 24.7 Å². The van der Waals surface area contributed by atoms with Crippen LogP contribution in [0.25, 0.3) is 5.69 Å². The van der Waals surface area contributed by atoms with Crippen LogP contribution in [-0.2, 0) is 16.0 Å². The minimum atomic E-state index is -0.176. The van der Waals surface area contributed by atoms with Gasteiger partial charge in [0, 0.05) is 17.1 Å². The Morgan fingerprint density at radius 1 is 1.27 bits per heavy atom. The van der Waals surface area contributed by atoms with E-state index in [0.717, 1.165) is 22.6 Å². The van der Waals surface area contributed by atoms with Gasteiger partial charge in [-0.1, -0.05) is 0 Å². The maximum Gasteiger partial charge on any atom is 0.306 e. The summed E-state index contributed by atoms with van der Waals surface area (Å²) < 4.78 is 7.12. The first-order valence-corrected chi connectivity index (χ1v) is 7.40. The number of carbonyl (C=O) groups excluding carboxylic acids is 1. The topological polar surface area (TPSA) is 55.0 Å². The van der Waals surface area contributed by atoms with Gasteiger partial charge in [0.25, 0.3) is 0 Å². The van der Waals surface area contributed by atoms with Crippen molar-refractivity contribution in [3.8, 4) is 11.8 Å². The molecule has 4 heteroatoms. The molecule has 1 aromatic carbocycles. The van der Waals surface area contributed by atoms with E-state index in [1.54, 1.807) is 0 Å². The molecule has 0 bridgehead atoms. The maximum absolute atomic E-state index is 11.6. The molecule has 4 nitrogen and oxygen atoms in total. The molecule has 0 aliphatic heterocycles. The van der Waals surface area contributed by atoms with Crippen LogP contribution < -0.4 is 0 Å². The molecule has 0 fully saturated rings. The van der Waals surface area contributed by atoms with Gasteiger partial charge in [-0.05, 0) is 63.1 Å². The van der Waals surface area contributed by atoms with E-state index >= 15 is 0 Å². The molecule has 0 atom stereocenters. The predicted molar refractivity (Wildman–Crippen MR) is 84.9 cm³/mol. The van der Waals surface area contributed by atoms with E-state index < -0.39 is 0 Å². The van der Waals surface area contributed by atoms with Crippen LogP contribution in [0.5, 0.6) is 0 Å². The molecule has 114 valence electrons. The van der Waals surface area contributed by atoms with E-state index in [4.69, 9.17) is 10.00 Å². The number of hydrogen-bond acceptors (Lipinski definition) is 3. The third kappa shape index (κ3) is 3.37. The fourth-order valence-electron chi connectivity index (χ4n) is 2.57. The molecule has 2 rings (SSSR count). The summed E-state index contributed by atoms with van der Waals surface area (Å²) in [5, 5.41) is 8.98. The second kappa shape index (κ2) is 6.95. The molecular formula is C18H20N2O2. The first-order valence-electron chi connectivity index (χ1n) is 7.40. The van der Waals surface area contributed by atoms with Crippen molar-refractivity contribution >= 4 is 5.97 Å². The Balaban J connectivity index is 2.30. The van der Waals surface area contributed by atoms with Gasteiger partial charge >= 0.3 is 5.97 Å². The van der Waals surface area contributed by atoms with Crippen LogP contribution in [-0.4, -0.2) is 17.1 Å². The Morgan fingerprint density at radius 2 is 2.05 bits per heavy atom. The van der Waals surface area contributed by atoms with Crippen molar-refractivity contribution in [1.82, 2.24) is 4.57 Å². The minimum Gasteiger partial charge on any atom is -0.466 e. The van der Waals surface area contributed by atoms with Crippen molar-refractivity contribution in [3.05, 3.63) is 52.8 Å². The molecule has 0 aliphatic rings. The highest BCUT2D eigenvalue weighted by molar-refractivity contribution is 5.69. The third-order valence-electron chi connectivity index (χ3n) is 3.61. The summed E-state index contributed by atoms with van der Waals surface area (Å²) in [5.74, 6) is -0.176. The number of rotatable bonds is 5. The number of esters is 1. The van der Waals surface area contributed by atoms with E-state index in [-0.39, 0.29) is 5.97 Å². The fraction of sp³-hybridized carbons (Fsp3) is 0.333. The second-order valence-corrected chi connectivity index (χ2v) is 5.22. The van der Waals surface area contributed by atoms with Crippen molar-refractivity contribution in [2.24, 2.45) is 0 Å². The first-order chi connectivity index (χ1) is 10.6. The molecule has 0 radical (unpaired) electrons. The highest BCUT2D eigenvalue weighted by atomic mass is 16.5. The SMILES string of the molecule is CCOC(=O)CCc1ccc(C)n1-c1ccc(C#N)cc1C. The number of aryl methyl sites for hydroxylation is 3. The second-order valence-electron chi connectivity index (χ2n) is 5.22. The fourth-order valence-corrected chi connectivity index (χ4v) is 2.57. The van der Waals surface area contributed by atoms with Crippen molar-refractivity contribution in [3.63, 3.8) is 0 Å². The van der Waals surface area contributed by atoms with Crippen LogP contribution in [0.4, 0.5) is 0 Å². The van der Waals surface area contributed by atoms with Crippen LogP contribution in [0, 0.1) is 25.2 Å². The molecule has 1 heterocycles. The van der Waals surface area contributed by atoms with Gasteiger partial charge in [0.1, 0.15) is 0 Å². The standard InChI is InChI=1S/C18H20N2O2/c1-4-22-18(21)10-8-16-7-5-14(3)20(16)17-9-6-15(12-19)11-13(17)2/h5-7,9,11H,4,8,10H2,1-3H3. The summed E-state index contributed by atoms with van der Waals surface area (Å²) in [5.41, 5.74) is 4.90. The molecule has 0 amide bonds. The van der Waals surface area contributed by atoms with Gasteiger partial charge in [-0.3, -0.25) is 4.79 Å². The molecule has 0 spiro atoms. The van der Waals surface area contributed by atoms with Crippen LogP contribution in [0.1, 0.15) is 35.9 Å². The average Bonchev–Trinajstić information content (AvgIpc) is 2.86. The van der Waals surface area contributed by atoms with E-state index in [1.165, 1.54) is 0 Å². The number of carbonyl (C=O) groups is 1. The van der Waals surface area contributed by atoms with Gasteiger partial charge in [-0.2, -0.15) is 5.26 Å². The van der Waals surface area contributed by atoms with Crippen LogP contribution >= 0.6 is 0 Å². The number of hydrogen-bond donors (Lipinski definition) is 0. The summed E-state index contributed by atoms with van der Waals surface area (Å²) in [6.45, 7) is 6.24. The van der Waals surface area contributed by atoms with Gasteiger partial charge in [-0.15, -0.1) is 0 Å². The number of ether oxygens (including phenoxy) is 1. The lowest BCUT2D eigenvalue weighted by molar-refractivity contribution is -0.143. The van der Waals surface area contributed by atoms with Gasteiger partial charge in [-0.25, -0.2) is 0 Å². The monoisotopic (exact) mass is 296 g/mol. The molecule has 1 aromatic heterocycles. The van der Waals surface area contributed by atoms with E-state index in [1.807, 2.05) is 51.1 Å². The summed E-state index contributed by atoms with van der Waals surface area (Å²) >= 11 is 0. The van der Waals surface area contributed by atoms with Gasteiger partial charge < -0.3 is 9.30 Å². The molecule has 22 heavy (non-hydrogen) atoms. The van der Waals surface area contributed by atoms with Crippen LogP contribution in [0.15, 0.2) is 30.3 Å². The zero-order valence-electron chi connectivity index (χ0n) is 13.2. The van der Waals surface area contributed by atoms with Crippen molar-refractivity contribution in [2.45, 2.75) is 33.6 Å². The molecule has 0 N–H and O–H groups in total. The number of nitrogens with zero attached hydrogens (tertiary/aromatic N) is 2. The van der Waals surface area contributed by atoms with Crippen LogP contribution in [0.2, 0.25) is 0 Å². The quantitative estimate of drug-likeness (QED) is 0.794. The normalized spacial score (nSPS) is 10.3. The Kier molecular flexibility index (Phi) is 5.00. The van der Waals surface area contributed by atoms with E-state index in [9.17, 15) is 4.79 Å². The summed E-state index contributed by atoms with van der Waals surface area (Å²) in [7, 11) is 0. The lowest BCUT2D eigenvalue weighted by Crippen LogP contribution is -2.09. The first kappa shape index (κ1) is 15.8. The zero-order valence-corrected chi connectivity index (χ0v) is 13.2. The van der Waals surface area contributed by atoms with Crippen molar-refractivity contribution in [1.29, 1.82) is 5.26 Å². The van der Waals surface area contributed by atoms with Crippen molar-refractivity contribution < 1.29 is 9.53 Å². The van der Waals surface area contributed by atoms with Crippen LogP contribution in [0.3, 0.4) is 0 Å². The Hall–Kier alpha value is -2.54. The molecule has 0 saturated heterocycles. The smallest absolute Gasteiger partial charge is 0.306 e. The number of nitriles is 1. The Morgan fingerprint density at radius 3 is 2.68 bits per heavy atom. The summed E-state index contributed by atoms with van der Waals surface area (Å²) in [4.78, 5) is 11.6. The van der Waals surface area contributed by atoms with E-state index in [2.05, 4.69) is 10.6 Å². The lowest BCUT2D eigenvalue weighted by atomic mass is 10.1. The minimum absolute atomic E-state index is 0.176. The number of benzene rings is 1. The third-order valence-corrected chi connectivity index (χ3v) is 3.61. The molecule has 2 aromatic rings. The largest absolute Gasteiger partial charge is 0.466 e. The van der Waals surface area contributed by atoms with E-state index in [0.29, 0.717) is 25.0 Å².